The Morgan fingerprint density at radius 3 is 2.53 bits per heavy atom. The van der Waals surface area contributed by atoms with Crippen LogP contribution in [0.2, 0.25) is 0 Å². The molecule has 1 aromatic rings. The van der Waals surface area contributed by atoms with E-state index in [1.54, 1.807) is 12.2 Å². The Hall–Kier alpha value is -1.72. The van der Waals surface area contributed by atoms with Crippen LogP contribution in [0.25, 0.3) is 0 Å². The Balaban J connectivity index is 2.90. The van der Waals surface area contributed by atoms with Gasteiger partial charge in [0.15, 0.2) is 0 Å². The summed E-state index contributed by atoms with van der Waals surface area (Å²) in [5, 5.41) is 10.7. The number of nitrogens with one attached hydrogen (secondary N) is 1. The quantitative estimate of drug-likeness (QED) is 0.711. The molecule has 1 rings (SSSR count). The molecule has 1 aromatic carbocycles. The maximum absolute atomic E-state index is 11.9. The van der Waals surface area contributed by atoms with Crippen molar-refractivity contribution in [3.8, 4) is 5.75 Å². The summed E-state index contributed by atoms with van der Waals surface area (Å²) in [5.41, 5.74) is 0.377. The second kappa shape index (κ2) is 3.80. The van der Waals surface area contributed by atoms with E-state index in [4.69, 9.17) is 5.11 Å². The number of phenolic OH excluding ortho intramolecular Hbond substituents is 1. The average molecular weight is 219 g/mol. The van der Waals surface area contributed by atoms with Gasteiger partial charge in [0, 0.05) is 0 Å². The highest BCUT2D eigenvalue weighted by Crippen LogP contribution is 2.26. The van der Waals surface area contributed by atoms with Crippen molar-refractivity contribution >= 4 is 11.6 Å². The molecule has 0 spiro atoms. The van der Waals surface area contributed by atoms with E-state index in [9.17, 15) is 18.0 Å². The molecule has 1 amide bonds. The molecular weight excluding hydrogens is 211 g/mol. The van der Waals surface area contributed by atoms with E-state index in [-0.39, 0.29) is 5.69 Å². The lowest BCUT2D eigenvalue weighted by Crippen LogP contribution is -2.29. The predicted molar refractivity (Wildman–Crippen MR) is 47.5 cm³/mol. The second-order valence-corrected chi connectivity index (χ2v) is 2.97. The zero-order valence-corrected chi connectivity index (χ0v) is 7.72. The SMILES string of the molecule is Cc1ccc(O)c(NC(=O)C(F)(F)F)c1. The van der Waals surface area contributed by atoms with Crippen LogP contribution in [-0.2, 0) is 4.79 Å². The van der Waals surface area contributed by atoms with Gasteiger partial charge in [-0.2, -0.15) is 13.2 Å². The second-order valence-electron chi connectivity index (χ2n) is 2.97. The zero-order valence-electron chi connectivity index (χ0n) is 7.72. The van der Waals surface area contributed by atoms with Gasteiger partial charge in [0.05, 0.1) is 5.69 Å². The van der Waals surface area contributed by atoms with Crippen LogP contribution in [0.15, 0.2) is 18.2 Å². The number of aromatic hydroxyl groups is 1. The maximum Gasteiger partial charge on any atom is 0.471 e. The van der Waals surface area contributed by atoms with Gasteiger partial charge in [0.2, 0.25) is 0 Å². The van der Waals surface area contributed by atoms with Gasteiger partial charge in [-0.15, -0.1) is 0 Å². The molecule has 2 N–H and O–H groups in total. The molecule has 0 heterocycles. The summed E-state index contributed by atoms with van der Waals surface area (Å²) in [6.07, 6.45) is -4.96. The molecule has 0 fully saturated rings. The van der Waals surface area contributed by atoms with Gasteiger partial charge in [-0.3, -0.25) is 4.79 Å². The summed E-state index contributed by atoms with van der Waals surface area (Å²) in [6.45, 7) is 1.63. The van der Waals surface area contributed by atoms with Crippen LogP contribution in [0.5, 0.6) is 5.75 Å². The van der Waals surface area contributed by atoms with Crippen LogP contribution in [0.1, 0.15) is 5.56 Å². The number of hydrogen-bond acceptors (Lipinski definition) is 2. The fourth-order valence-electron chi connectivity index (χ4n) is 0.943. The molecule has 15 heavy (non-hydrogen) atoms. The number of anilines is 1. The first-order chi connectivity index (χ1) is 6.80. The Labute approximate surface area is 83.5 Å². The first kappa shape index (κ1) is 11.4. The van der Waals surface area contributed by atoms with Crippen molar-refractivity contribution in [2.45, 2.75) is 13.1 Å². The highest BCUT2D eigenvalue weighted by atomic mass is 19.4. The largest absolute Gasteiger partial charge is 0.506 e. The standard InChI is InChI=1S/C9H8F3NO2/c1-5-2-3-7(14)6(4-5)13-8(15)9(10,11)12/h2-4,14H,1H3,(H,13,15). The number of amides is 1. The summed E-state index contributed by atoms with van der Waals surface area (Å²) in [7, 11) is 0. The van der Waals surface area contributed by atoms with E-state index in [2.05, 4.69) is 0 Å². The normalized spacial score (nSPS) is 11.2. The number of aryl methyl sites for hydroxylation is 1. The Bertz CT molecular complexity index is 387. The topological polar surface area (TPSA) is 49.3 Å². The maximum atomic E-state index is 11.9. The number of phenols is 1. The van der Waals surface area contributed by atoms with Crippen molar-refractivity contribution in [1.82, 2.24) is 0 Å². The lowest BCUT2D eigenvalue weighted by atomic mass is 10.2. The number of benzene rings is 1. The highest BCUT2D eigenvalue weighted by Gasteiger charge is 2.38. The molecule has 0 aromatic heterocycles. The van der Waals surface area contributed by atoms with Crippen LogP contribution < -0.4 is 5.32 Å². The van der Waals surface area contributed by atoms with Crippen LogP contribution in [-0.4, -0.2) is 17.2 Å². The minimum absolute atomic E-state index is 0.252. The van der Waals surface area contributed by atoms with E-state index in [1.165, 1.54) is 18.2 Å². The Morgan fingerprint density at radius 1 is 1.40 bits per heavy atom. The third-order valence-electron chi connectivity index (χ3n) is 1.66. The molecule has 0 bridgehead atoms. The fraction of sp³-hybridized carbons (Fsp3) is 0.222. The van der Waals surface area contributed by atoms with Crippen molar-refractivity contribution < 1.29 is 23.1 Å². The molecule has 0 radical (unpaired) electrons. The van der Waals surface area contributed by atoms with Gasteiger partial charge in [-0.05, 0) is 24.6 Å². The molecule has 0 aliphatic rings. The van der Waals surface area contributed by atoms with Gasteiger partial charge in [-0.25, -0.2) is 0 Å². The van der Waals surface area contributed by atoms with Crippen LogP contribution in [0, 0.1) is 6.92 Å². The molecule has 0 saturated carbocycles. The van der Waals surface area contributed by atoms with Gasteiger partial charge in [0.25, 0.3) is 0 Å². The number of rotatable bonds is 1. The van der Waals surface area contributed by atoms with Crippen molar-refractivity contribution in [1.29, 1.82) is 0 Å². The zero-order chi connectivity index (χ0) is 11.6. The van der Waals surface area contributed by atoms with Gasteiger partial charge < -0.3 is 10.4 Å². The summed E-state index contributed by atoms with van der Waals surface area (Å²) in [6, 6.07) is 3.97. The minimum atomic E-state index is -4.96. The first-order valence-corrected chi connectivity index (χ1v) is 3.98. The molecule has 0 unspecified atom stereocenters. The van der Waals surface area contributed by atoms with Gasteiger partial charge >= 0.3 is 12.1 Å². The third-order valence-corrected chi connectivity index (χ3v) is 1.66. The first-order valence-electron chi connectivity index (χ1n) is 3.98. The van der Waals surface area contributed by atoms with Crippen molar-refractivity contribution in [3.05, 3.63) is 23.8 Å². The lowest BCUT2D eigenvalue weighted by Gasteiger charge is -2.09. The number of alkyl halides is 3. The van der Waals surface area contributed by atoms with Crippen molar-refractivity contribution in [2.24, 2.45) is 0 Å². The van der Waals surface area contributed by atoms with E-state index in [1.807, 2.05) is 0 Å². The van der Waals surface area contributed by atoms with E-state index < -0.39 is 17.8 Å². The summed E-state index contributed by atoms with van der Waals surface area (Å²) in [4.78, 5) is 10.6. The molecule has 0 aliphatic heterocycles. The van der Waals surface area contributed by atoms with E-state index in [0.29, 0.717) is 5.56 Å². The summed E-state index contributed by atoms with van der Waals surface area (Å²) >= 11 is 0. The lowest BCUT2D eigenvalue weighted by molar-refractivity contribution is -0.167. The van der Waals surface area contributed by atoms with Gasteiger partial charge in [-0.1, -0.05) is 6.07 Å². The Kier molecular flexibility index (Phi) is 2.88. The van der Waals surface area contributed by atoms with Crippen molar-refractivity contribution in [2.75, 3.05) is 5.32 Å². The number of hydrogen-bond donors (Lipinski definition) is 2. The third kappa shape index (κ3) is 2.87. The molecule has 6 heteroatoms. The number of halogens is 3. The van der Waals surface area contributed by atoms with Crippen LogP contribution >= 0.6 is 0 Å². The summed E-state index contributed by atoms with van der Waals surface area (Å²) < 4.78 is 35.6. The minimum Gasteiger partial charge on any atom is -0.506 e. The van der Waals surface area contributed by atoms with Crippen LogP contribution in [0.3, 0.4) is 0 Å². The number of carbonyl (C=O) groups is 1. The Morgan fingerprint density at radius 2 is 2.00 bits per heavy atom. The summed E-state index contributed by atoms with van der Waals surface area (Å²) in [5.74, 6) is -2.51. The molecule has 82 valence electrons. The number of carbonyl (C=O) groups excluding carboxylic acids is 1. The molecule has 3 nitrogen and oxygen atoms in total. The highest BCUT2D eigenvalue weighted by molar-refractivity contribution is 5.96. The molecule has 0 aliphatic carbocycles. The predicted octanol–water partition coefficient (Wildman–Crippen LogP) is 2.20. The average Bonchev–Trinajstić information content (AvgIpc) is 2.09. The smallest absolute Gasteiger partial charge is 0.471 e. The molecular formula is C9H8F3NO2. The van der Waals surface area contributed by atoms with Crippen molar-refractivity contribution in [3.63, 3.8) is 0 Å². The van der Waals surface area contributed by atoms with Crippen LogP contribution in [0.4, 0.5) is 18.9 Å². The van der Waals surface area contributed by atoms with E-state index >= 15 is 0 Å². The molecule has 0 saturated heterocycles. The monoisotopic (exact) mass is 219 g/mol. The van der Waals surface area contributed by atoms with E-state index in [0.717, 1.165) is 0 Å². The van der Waals surface area contributed by atoms with Gasteiger partial charge in [0.1, 0.15) is 5.75 Å². The molecule has 0 atom stereocenters. The fourth-order valence-corrected chi connectivity index (χ4v) is 0.943.